The number of anilines is 1. The van der Waals surface area contributed by atoms with Crippen LogP contribution in [0.1, 0.15) is 34.1 Å². The number of nitrogens with one attached hydrogen (secondary N) is 1. The Morgan fingerprint density at radius 1 is 1.10 bits per heavy atom. The van der Waals surface area contributed by atoms with E-state index >= 15 is 0 Å². The third-order valence-corrected chi connectivity index (χ3v) is 5.50. The van der Waals surface area contributed by atoms with Gasteiger partial charge >= 0.3 is 0 Å². The summed E-state index contributed by atoms with van der Waals surface area (Å²) in [5.74, 6) is 0.439. The summed E-state index contributed by atoms with van der Waals surface area (Å²) < 4.78 is 5.45. The molecule has 170 valence electrons. The second kappa shape index (κ2) is 9.68. The summed E-state index contributed by atoms with van der Waals surface area (Å²) in [4.78, 5) is 43.3. The van der Waals surface area contributed by atoms with Crippen LogP contribution in [-0.4, -0.2) is 78.9 Å². The van der Waals surface area contributed by atoms with E-state index in [1.807, 2.05) is 56.9 Å². The Kier molecular flexibility index (Phi) is 7.20. The van der Waals surface area contributed by atoms with E-state index in [0.29, 0.717) is 45.9 Å². The van der Waals surface area contributed by atoms with Gasteiger partial charge in [0, 0.05) is 50.4 Å². The molecule has 2 fully saturated rings. The summed E-state index contributed by atoms with van der Waals surface area (Å²) in [6.07, 6.45) is 0.236. The Hall–Kier alpha value is -2.61. The monoisotopic (exact) mass is 430 g/mol. The van der Waals surface area contributed by atoms with Crippen LogP contribution in [-0.2, 0) is 14.4 Å². The lowest BCUT2D eigenvalue weighted by Crippen LogP contribution is -2.53. The lowest BCUT2D eigenvalue weighted by molar-refractivity contribution is -0.137. The molecule has 0 aliphatic carbocycles. The number of carbonyl (C=O) groups is 3. The molecular weight excluding hydrogens is 396 g/mol. The van der Waals surface area contributed by atoms with Crippen LogP contribution in [0.3, 0.4) is 0 Å². The molecule has 2 heterocycles. The topological polar surface area (TPSA) is 82.2 Å². The SMILES string of the molecule is CCOc1ccc(N2CC(C(=O)N3CCN(CC(=O)NC(C)(C)C)CC3)CC2=O)cc1. The molecule has 1 aromatic carbocycles. The van der Waals surface area contributed by atoms with Crippen LogP contribution in [0.2, 0.25) is 0 Å². The van der Waals surface area contributed by atoms with E-state index < -0.39 is 0 Å². The number of ether oxygens (including phenoxy) is 1. The molecule has 3 amide bonds. The maximum Gasteiger partial charge on any atom is 0.234 e. The fourth-order valence-electron chi connectivity index (χ4n) is 4.06. The number of amides is 3. The summed E-state index contributed by atoms with van der Waals surface area (Å²) >= 11 is 0. The van der Waals surface area contributed by atoms with Gasteiger partial charge < -0.3 is 19.9 Å². The lowest BCUT2D eigenvalue weighted by atomic mass is 10.1. The summed E-state index contributed by atoms with van der Waals surface area (Å²) in [5.41, 5.74) is 0.539. The van der Waals surface area contributed by atoms with E-state index in [4.69, 9.17) is 4.74 Å². The van der Waals surface area contributed by atoms with Gasteiger partial charge in [-0.05, 0) is 52.0 Å². The molecule has 1 atom stereocenters. The molecule has 0 radical (unpaired) electrons. The normalized spacial score (nSPS) is 20.1. The minimum absolute atomic E-state index is 0.000312. The van der Waals surface area contributed by atoms with Crippen molar-refractivity contribution in [3.63, 3.8) is 0 Å². The molecule has 8 nitrogen and oxygen atoms in total. The lowest BCUT2D eigenvalue weighted by Gasteiger charge is -2.36. The van der Waals surface area contributed by atoms with Crippen LogP contribution in [0.15, 0.2) is 24.3 Å². The molecule has 3 rings (SSSR count). The van der Waals surface area contributed by atoms with Gasteiger partial charge in [0.25, 0.3) is 0 Å². The van der Waals surface area contributed by atoms with Crippen LogP contribution in [0, 0.1) is 5.92 Å². The highest BCUT2D eigenvalue weighted by molar-refractivity contribution is 6.00. The minimum Gasteiger partial charge on any atom is -0.494 e. The first kappa shape index (κ1) is 23.1. The Morgan fingerprint density at radius 3 is 2.32 bits per heavy atom. The van der Waals surface area contributed by atoms with Crippen LogP contribution in [0.5, 0.6) is 5.75 Å². The van der Waals surface area contributed by atoms with Gasteiger partial charge in [-0.25, -0.2) is 0 Å². The predicted molar refractivity (Wildman–Crippen MR) is 119 cm³/mol. The molecule has 0 aromatic heterocycles. The highest BCUT2D eigenvalue weighted by atomic mass is 16.5. The number of benzene rings is 1. The summed E-state index contributed by atoms with van der Waals surface area (Å²) in [5, 5.41) is 2.97. The molecule has 0 bridgehead atoms. The second-order valence-corrected chi connectivity index (χ2v) is 9.23. The number of rotatable bonds is 6. The number of hydrogen-bond donors (Lipinski definition) is 1. The average molecular weight is 431 g/mol. The fourth-order valence-corrected chi connectivity index (χ4v) is 4.06. The average Bonchev–Trinajstić information content (AvgIpc) is 3.09. The summed E-state index contributed by atoms with van der Waals surface area (Å²) in [6, 6.07) is 7.40. The van der Waals surface area contributed by atoms with Crippen molar-refractivity contribution < 1.29 is 19.1 Å². The number of piperazine rings is 1. The molecule has 1 N–H and O–H groups in total. The zero-order valence-electron chi connectivity index (χ0n) is 19.0. The molecule has 2 aliphatic heterocycles. The maximum atomic E-state index is 13.0. The quantitative estimate of drug-likeness (QED) is 0.740. The van der Waals surface area contributed by atoms with Crippen molar-refractivity contribution in [2.24, 2.45) is 5.92 Å². The Morgan fingerprint density at radius 2 is 1.74 bits per heavy atom. The molecule has 8 heteroatoms. The summed E-state index contributed by atoms with van der Waals surface area (Å²) in [7, 11) is 0. The molecular formula is C23H34N4O4. The third-order valence-electron chi connectivity index (χ3n) is 5.50. The van der Waals surface area contributed by atoms with Gasteiger partial charge in [-0.2, -0.15) is 0 Å². The van der Waals surface area contributed by atoms with E-state index in [0.717, 1.165) is 11.4 Å². The molecule has 2 saturated heterocycles. The zero-order chi connectivity index (χ0) is 22.6. The first-order valence-electron chi connectivity index (χ1n) is 11.0. The van der Waals surface area contributed by atoms with Crippen molar-refractivity contribution in [1.82, 2.24) is 15.1 Å². The number of nitrogens with zero attached hydrogens (tertiary/aromatic N) is 3. The van der Waals surface area contributed by atoms with Gasteiger partial charge in [-0.15, -0.1) is 0 Å². The minimum atomic E-state index is -0.324. The van der Waals surface area contributed by atoms with E-state index in [2.05, 4.69) is 10.2 Å². The smallest absolute Gasteiger partial charge is 0.234 e. The van der Waals surface area contributed by atoms with Crippen LogP contribution in [0.25, 0.3) is 0 Å². The summed E-state index contributed by atoms with van der Waals surface area (Å²) in [6.45, 7) is 11.6. The zero-order valence-corrected chi connectivity index (χ0v) is 19.0. The van der Waals surface area contributed by atoms with Gasteiger partial charge in [-0.3, -0.25) is 19.3 Å². The highest BCUT2D eigenvalue weighted by Crippen LogP contribution is 2.28. The van der Waals surface area contributed by atoms with Gasteiger partial charge in [0.05, 0.1) is 19.1 Å². The highest BCUT2D eigenvalue weighted by Gasteiger charge is 2.38. The van der Waals surface area contributed by atoms with Crippen molar-refractivity contribution >= 4 is 23.4 Å². The number of hydrogen-bond acceptors (Lipinski definition) is 5. The molecule has 1 aromatic rings. The largest absolute Gasteiger partial charge is 0.494 e. The molecule has 31 heavy (non-hydrogen) atoms. The third kappa shape index (κ3) is 6.19. The molecule has 2 aliphatic rings. The molecule has 0 spiro atoms. The van der Waals surface area contributed by atoms with Crippen molar-refractivity contribution in [3.05, 3.63) is 24.3 Å². The Labute approximate surface area is 184 Å². The van der Waals surface area contributed by atoms with Crippen molar-refractivity contribution in [1.29, 1.82) is 0 Å². The van der Waals surface area contributed by atoms with Gasteiger partial charge in [0.15, 0.2) is 0 Å². The van der Waals surface area contributed by atoms with Crippen molar-refractivity contribution in [2.75, 3.05) is 50.8 Å². The second-order valence-electron chi connectivity index (χ2n) is 9.23. The van der Waals surface area contributed by atoms with Crippen molar-refractivity contribution in [2.45, 2.75) is 39.7 Å². The van der Waals surface area contributed by atoms with Gasteiger partial charge in [0.1, 0.15) is 5.75 Å². The van der Waals surface area contributed by atoms with Crippen LogP contribution >= 0.6 is 0 Å². The molecule has 0 saturated carbocycles. The Balaban J connectivity index is 1.50. The van der Waals surface area contributed by atoms with Gasteiger partial charge in [-0.1, -0.05) is 0 Å². The van der Waals surface area contributed by atoms with E-state index in [9.17, 15) is 14.4 Å². The predicted octanol–water partition coefficient (Wildman–Crippen LogP) is 1.50. The van der Waals surface area contributed by atoms with E-state index in [1.165, 1.54) is 0 Å². The number of carbonyl (C=O) groups excluding carboxylic acids is 3. The maximum absolute atomic E-state index is 13.0. The van der Waals surface area contributed by atoms with Crippen LogP contribution < -0.4 is 15.0 Å². The Bertz CT molecular complexity index is 795. The first-order chi connectivity index (χ1) is 14.7. The standard InChI is InChI=1S/C23H34N4O4/c1-5-31-19-8-6-18(7-9-19)27-15-17(14-21(27)29)22(30)26-12-10-25(11-13-26)16-20(28)24-23(2,3)4/h6-9,17H,5,10-16H2,1-4H3,(H,24,28). The fraction of sp³-hybridized carbons (Fsp3) is 0.609. The van der Waals surface area contributed by atoms with Crippen LogP contribution in [0.4, 0.5) is 5.69 Å². The van der Waals surface area contributed by atoms with Gasteiger partial charge in [0.2, 0.25) is 17.7 Å². The van der Waals surface area contributed by atoms with Crippen molar-refractivity contribution in [3.8, 4) is 5.75 Å². The van der Waals surface area contributed by atoms with E-state index in [1.54, 1.807) is 4.90 Å². The molecule has 1 unspecified atom stereocenters. The van der Waals surface area contributed by atoms with E-state index in [-0.39, 0.29) is 35.6 Å². The first-order valence-corrected chi connectivity index (χ1v) is 11.0.